The highest BCUT2D eigenvalue weighted by Gasteiger charge is 2.08. The summed E-state index contributed by atoms with van der Waals surface area (Å²) in [6, 6.07) is 0. The molecule has 0 aromatic carbocycles. The molecule has 0 unspecified atom stereocenters. The number of unbranched alkanes of at least 4 members (excludes halogenated alkanes) is 2. The van der Waals surface area contributed by atoms with E-state index in [1.807, 2.05) is 14.0 Å². The van der Waals surface area contributed by atoms with E-state index in [0.29, 0.717) is 0 Å². The van der Waals surface area contributed by atoms with Crippen LogP contribution in [-0.2, 0) is 13.5 Å². The van der Waals surface area contributed by atoms with Crippen LogP contribution in [0, 0.1) is 6.92 Å². The van der Waals surface area contributed by atoms with Crippen molar-refractivity contribution in [2.75, 3.05) is 0 Å². The molecule has 0 spiro atoms. The molecule has 0 radical (unpaired) electrons. The van der Waals surface area contributed by atoms with Gasteiger partial charge in [0.05, 0.1) is 5.69 Å². The van der Waals surface area contributed by atoms with Gasteiger partial charge in [-0.2, -0.15) is 0 Å². The lowest BCUT2D eigenvalue weighted by molar-refractivity contribution is 0.706. The van der Waals surface area contributed by atoms with Gasteiger partial charge in [-0.05, 0) is 35.7 Å². The standard InChI is InChI=1S/C10H17BrN2/c1-4-5-6-7-9-10(11)13(3)8(2)12-9/h4-7H2,1-3H3. The highest BCUT2D eigenvalue weighted by Crippen LogP contribution is 2.18. The van der Waals surface area contributed by atoms with Gasteiger partial charge in [-0.3, -0.25) is 0 Å². The van der Waals surface area contributed by atoms with E-state index in [-0.39, 0.29) is 0 Å². The number of aryl methyl sites for hydroxylation is 2. The number of halogens is 1. The van der Waals surface area contributed by atoms with Crippen molar-refractivity contribution in [1.29, 1.82) is 0 Å². The normalized spacial score (nSPS) is 10.8. The first-order valence-corrected chi connectivity index (χ1v) is 5.63. The van der Waals surface area contributed by atoms with Crippen LogP contribution in [0.15, 0.2) is 4.60 Å². The zero-order valence-electron chi connectivity index (χ0n) is 8.60. The Labute approximate surface area is 88.5 Å². The summed E-state index contributed by atoms with van der Waals surface area (Å²) >= 11 is 3.55. The van der Waals surface area contributed by atoms with Crippen molar-refractivity contribution in [2.24, 2.45) is 7.05 Å². The second kappa shape index (κ2) is 4.80. The van der Waals surface area contributed by atoms with Gasteiger partial charge in [0, 0.05) is 7.05 Å². The first-order valence-electron chi connectivity index (χ1n) is 4.84. The topological polar surface area (TPSA) is 17.8 Å². The third-order valence-electron chi connectivity index (χ3n) is 2.33. The van der Waals surface area contributed by atoms with Crippen molar-refractivity contribution < 1.29 is 0 Å². The molecular formula is C10H17BrN2. The van der Waals surface area contributed by atoms with Crippen molar-refractivity contribution in [3.05, 3.63) is 16.1 Å². The van der Waals surface area contributed by atoms with E-state index in [4.69, 9.17) is 0 Å². The summed E-state index contributed by atoms with van der Waals surface area (Å²) < 4.78 is 3.22. The Kier molecular flexibility index (Phi) is 3.97. The molecule has 0 aliphatic rings. The summed E-state index contributed by atoms with van der Waals surface area (Å²) in [5, 5.41) is 0. The number of hydrogen-bond acceptors (Lipinski definition) is 1. The summed E-state index contributed by atoms with van der Waals surface area (Å²) in [4.78, 5) is 4.50. The maximum atomic E-state index is 4.50. The van der Waals surface area contributed by atoms with Gasteiger partial charge < -0.3 is 4.57 Å². The molecule has 0 aliphatic carbocycles. The fraction of sp³-hybridized carbons (Fsp3) is 0.700. The van der Waals surface area contributed by atoms with Crippen LogP contribution in [0.5, 0.6) is 0 Å². The second-order valence-electron chi connectivity index (χ2n) is 3.41. The van der Waals surface area contributed by atoms with Gasteiger partial charge in [-0.1, -0.05) is 19.8 Å². The molecule has 0 bridgehead atoms. The first kappa shape index (κ1) is 10.8. The van der Waals surface area contributed by atoms with Crippen molar-refractivity contribution in [1.82, 2.24) is 9.55 Å². The Morgan fingerprint density at radius 1 is 1.38 bits per heavy atom. The lowest BCUT2D eigenvalue weighted by Crippen LogP contribution is -1.90. The molecule has 0 saturated heterocycles. The monoisotopic (exact) mass is 244 g/mol. The van der Waals surface area contributed by atoms with Crippen LogP contribution in [0.3, 0.4) is 0 Å². The van der Waals surface area contributed by atoms with E-state index in [0.717, 1.165) is 16.8 Å². The van der Waals surface area contributed by atoms with E-state index >= 15 is 0 Å². The Bertz CT molecular complexity index is 279. The fourth-order valence-corrected chi connectivity index (χ4v) is 1.90. The molecule has 2 nitrogen and oxygen atoms in total. The highest BCUT2D eigenvalue weighted by molar-refractivity contribution is 9.10. The minimum absolute atomic E-state index is 1.08. The van der Waals surface area contributed by atoms with Gasteiger partial charge in [0.25, 0.3) is 0 Å². The molecule has 1 aromatic rings. The number of rotatable bonds is 4. The van der Waals surface area contributed by atoms with Gasteiger partial charge in [0.2, 0.25) is 0 Å². The number of nitrogens with zero attached hydrogens (tertiary/aromatic N) is 2. The highest BCUT2D eigenvalue weighted by atomic mass is 79.9. The predicted octanol–water partition coefficient (Wildman–Crippen LogP) is 3.22. The summed E-state index contributed by atoms with van der Waals surface area (Å²) in [6.07, 6.45) is 4.90. The van der Waals surface area contributed by atoms with Gasteiger partial charge in [-0.15, -0.1) is 0 Å². The van der Waals surface area contributed by atoms with Crippen molar-refractivity contribution in [3.63, 3.8) is 0 Å². The molecule has 0 N–H and O–H groups in total. The molecule has 1 rings (SSSR count). The van der Waals surface area contributed by atoms with Crippen LogP contribution in [0.25, 0.3) is 0 Å². The van der Waals surface area contributed by atoms with E-state index in [1.54, 1.807) is 0 Å². The van der Waals surface area contributed by atoms with Crippen LogP contribution in [0.1, 0.15) is 37.7 Å². The first-order chi connectivity index (χ1) is 6.16. The predicted molar refractivity (Wildman–Crippen MR) is 58.9 cm³/mol. The second-order valence-corrected chi connectivity index (χ2v) is 4.16. The van der Waals surface area contributed by atoms with E-state index in [2.05, 4.69) is 32.4 Å². The molecule has 0 atom stereocenters. The van der Waals surface area contributed by atoms with E-state index < -0.39 is 0 Å². The minimum Gasteiger partial charge on any atom is -0.326 e. The van der Waals surface area contributed by atoms with Crippen LogP contribution in [0.4, 0.5) is 0 Å². The van der Waals surface area contributed by atoms with E-state index in [9.17, 15) is 0 Å². The zero-order chi connectivity index (χ0) is 9.84. The average Bonchev–Trinajstić information content (AvgIpc) is 2.34. The Balaban J connectivity index is 2.61. The lowest BCUT2D eigenvalue weighted by atomic mass is 10.2. The molecule has 0 saturated carbocycles. The maximum absolute atomic E-state index is 4.50. The van der Waals surface area contributed by atoms with Crippen molar-refractivity contribution >= 4 is 15.9 Å². The number of imidazole rings is 1. The molecule has 13 heavy (non-hydrogen) atoms. The Hall–Kier alpha value is -0.310. The quantitative estimate of drug-likeness (QED) is 0.744. The summed E-state index contributed by atoms with van der Waals surface area (Å²) in [7, 11) is 2.04. The maximum Gasteiger partial charge on any atom is 0.108 e. The van der Waals surface area contributed by atoms with Crippen LogP contribution < -0.4 is 0 Å². The summed E-state index contributed by atoms with van der Waals surface area (Å²) in [5.74, 6) is 1.08. The third kappa shape index (κ3) is 2.56. The van der Waals surface area contributed by atoms with Crippen molar-refractivity contribution in [3.8, 4) is 0 Å². The molecule has 3 heteroatoms. The van der Waals surface area contributed by atoms with Crippen LogP contribution >= 0.6 is 15.9 Å². The molecular weight excluding hydrogens is 228 g/mol. The van der Waals surface area contributed by atoms with Gasteiger partial charge in [-0.25, -0.2) is 4.98 Å². The lowest BCUT2D eigenvalue weighted by Gasteiger charge is -1.97. The van der Waals surface area contributed by atoms with Crippen LogP contribution in [0.2, 0.25) is 0 Å². The van der Waals surface area contributed by atoms with Crippen LogP contribution in [-0.4, -0.2) is 9.55 Å². The largest absolute Gasteiger partial charge is 0.326 e. The number of aromatic nitrogens is 2. The average molecular weight is 245 g/mol. The zero-order valence-corrected chi connectivity index (χ0v) is 10.2. The fourth-order valence-electron chi connectivity index (χ4n) is 1.35. The van der Waals surface area contributed by atoms with E-state index in [1.165, 1.54) is 25.0 Å². The van der Waals surface area contributed by atoms with Gasteiger partial charge in [0.15, 0.2) is 0 Å². The van der Waals surface area contributed by atoms with Gasteiger partial charge in [0.1, 0.15) is 10.4 Å². The SMILES string of the molecule is CCCCCc1nc(C)n(C)c1Br. The Morgan fingerprint density at radius 3 is 2.54 bits per heavy atom. The summed E-state index contributed by atoms with van der Waals surface area (Å²) in [6.45, 7) is 4.26. The third-order valence-corrected chi connectivity index (χ3v) is 3.32. The number of hydrogen-bond donors (Lipinski definition) is 0. The smallest absolute Gasteiger partial charge is 0.108 e. The minimum atomic E-state index is 1.08. The summed E-state index contributed by atoms with van der Waals surface area (Å²) in [5.41, 5.74) is 1.20. The molecule has 0 amide bonds. The molecule has 74 valence electrons. The molecule has 1 aromatic heterocycles. The van der Waals surface area contributed by atoms with Gasteiger partial charge >= 0.3 is 0 Å². The molecule has 1 heterocycles. The molecule has 0 fully saturated rings. The van der Waals surface area contributed by atoms with Crippen molar-refractivity contribution in [2.45, 2.75) is 39.5 Å². The molecule has 0 aliphatic heterocycles. The Morgan fingerprint density at radius 2 is 2.08 bits per heavy atom.